The summed E-state index contributed by atoms with van der Waals surface area (Å²) in [6.07, 6.45) is 0. The third kappa shape index (κ3) is 3.80. The summed E-state index contributed by atoms with van der Waals surface area (Å²) in [5.41, 5.74) is 1.57. The smallest absolute Gasteiger partial charge is 0.264 e. The first kappa shape index (κ1) is 16.4. The van der Waals surface area contributed by atoms with Crippen LogP contribution in [0.25, 0.3) is 0 Å². The fourth-order valence-corrected chi connectivity index (χ4v) is 3.20. The minimum atomic E-state index is -3.53. The van der Waals surface area contributed by atoms with Crippen LogP contribution in [0.3, 0.4) is 0 Å². The molecule has 0 aliphatic carbocycles. The lowest BCUT2D eigenvalue weighted by molar-refractivity contribution is 0.594. The molecule has 0 fully saturated rings. The average Bonchev–Trinajstić information content (AvgIpc) is 2.53. The van der Waals surface area contributed by atoms with Crippen molar-refractivity contribution in [3.8, 4) is 0 Å². The number of hydrogen-bond acceptors (Lipinski definition) is 3. The molecule has 4 nitrogen and oxygen atoms in total. The third-order valence-electron chi connectivity index (χ3n) is 3.35. The van der Waals surface area contributed by atoms with Crippen LogP contribution in [-0.4, -0.2) is 22.0 Å². The molecule has 0 radical (unpaired) electrons. The van der Waals surface area contributed by atoms with Crippen LogP contribution >= 0.6 is 0 Å². The molecule has 0 bridgehead atoms. The second-order valence-corrected chi connectivity index (χ2v) is 7.58. The summed E-state index contributed by atoms with van der Waals surface area (Å²) in [5.74, 6) is 0.535. The minimum absolute atomic E-state index is 0.286. The maximum atomic E-state index is 12.6. The summed E-state index contributed by atoms with van der Waals surface area (Å²) < 4.78 is 26.5. The van der Waals surface area contributed by atoms with Gasteiger partial charge in [0, 0.05) is 19.3 Å². The number of hydrogen-bond donors (Lipinski definition) is 1. The molecule has 0 amide bonds. The van der Waals surface area contributed by atoms with Crippen molar-refractivity contribution in [1.29, 1.82) is 0 Å². The average molecular weight is 318 g/mol. The summed E-state index contributed by atoms with van der Waals surface area (Å²) in [4.78, 5) is 0.286. The fraction of sp³-hybridized carbons (Fsp3) is 0.294. The second-order valence-electron chi connectivity index (χ2n) is 5.61. The molecular weight excluding hydrogens is 296 g/mol. The molecule has 0 unspecified atom stereocenters. The van der Waals surface area contributed by atoms with E-state index in [1.807, 2.05) is 18.2 Å². The molecule has 0 heterocycles. The monoisotopic (exact) mass is 318 g/mol. The lowest BCUT2D eigenvalue weighted by atomic mass is 10.2. The van der Waals surface area contributed by atoms with Crippen LogP contribution in [0.2, 0.25) is 0 Å². The van der Waals surface area contributed by atoms with Crippen LogP contribution in [0.15, 0.2) is 59.5 Å². The van der Waals surface area contributed by atoms with E-state index in [0.717, 1.165) is 12.2 Å². The van der Waals surface area contributed by atoms with Gasteiger partial charge in [0.05, 0.1) is 10.6 Å². The zero-order valence-corrected chi connectivity index (χ0v) is 14.0. The largest absolute Gasteiger partial charge is 0.385 e. The minimum Gasteiger partial charge on any atom is -0.385 e. The summed E-state index contributed by atoms with van der Waals surface area (Å²) in [5, 5.41) is 3.28. The second kappa shape index (κ2) is 6.83. The molecule has 1 N–H and O–H groups in total. The van der Waals surface area contributed by atoms with Crippen molar-refractivity contribution in [2.45, 2.75) is 18.7 Å². The van der Waals surface area contributed by atoms with Gasteiger partial charge in [0.1, 0.15) is 0 Å². The Morgan fingerprint density at radius 3 is 2.14 bits per heavy atom. The number of benzene rings is 2. The molecule has 2 aromatic rings. The maximum Gasteiger partial charge on any atom is 0.264 e. The van der Waals surface area contributed by atoms with Crippen molar-refractivity contribution in [3.63, 3.8) is 0 Å². The normalized spacial score (nSPS) is 11.5. The predicted octanol–water partition coefficient (Wildman–Crippen LogP) is 3.58. The molecule has 0 aromatic heterocycles. The Morgan fingerprint density at radius 2 is 1.59 bits per heavy atom. The first-order valence-corrected chi connectivity index (χ1v) is 8.73. The van der Waals surface area contributed by atoms with Crippen molar-refractivity contribution < 1.29 is 8.42 Å². The Labute approximate surface area is 132 Å². The van der Waals surface area contributed by atoms with Crippen molar-refractivity contribution in [2.75, 3.05) is 23.2 Å². The molecule has 2 rings (SSSR count). The summed E-state index contributed by atoms with van der Waals surface area (Å²) in [7, 11) is -1.97. The molecule has 0 aliphatic heterocycles. The third-order valence-corrected chi connectivity index (χ3v) is 5.15. The van der Waals surface area contributed by atoms with E-state index in [4.69, 9.17) is 0 Å². The van der Waals surface area contributed by atoms with E-state index in [0.29, 0.717) is 11.6 Å². The Bertz CT molecular complexity index is 695. The van der Waals surface area contributed by atoms with Gasteiger partial charge in [-0.1, -0.05) is 32.0 Å². The highest BCUT2D eigenvalue weighted by molar-refractivity contribution is 7.92. The standard InChI is InChI=1S/C17H22N2O2S/c1-14(2)13-18-15-9-11-17(12-10-15)22(20,21)19(3)16-7-5-4-6-8-16/h4-12,14,18H,13H2,1-3H3. The molecule has 0 atom stereocenters. The first-order valence-electron chi connectivity index (χ1n) is 7.29. The molecule has 0 saturated heterocycles. The van der Waals surface area contributed by atoms with E-state index in [1.165, 1.54) is 4.31 Å². The fourth-order valence-electron chi connectivity index (χ4n) is 2.00. The Hall–Kier alpha value is -2.01. The quantitative estimate of drug-likeness (QED) is 0.885. The van der Waals surface area contributed by atoms with Gasteiger partial charge in [-0.25, -0.2) is 8.42 Å². The van der Waals surface area contributed by atoms with Crippen molar-refractivity contribution >= 4 is 21.4 Å². The van der Waals surface area contributed by atoms with Gasteiger partial charge in [0.25, 0.3) is 10.0 Å². The highest BCUT2D eigenvalue weighted by Crippen LogP contribution is 2.22. The molecule has 0 spiro atoms. The number of anilines is 2. The van der Waals surface area contributed by atoms with E-state index in [-0.39, 0.29) is 4.90 Å². The number of nitrogens with zero attached hydrogens (tertiary/aromatic N) is 1. The first-order chi connectivity index (χ1) is 10.4. The van der Waals surface area contributed by atoms with E-state index < -0.39 is 10.0 Å². The molecular formula is C17H22N2O2S. The Balaban J connectivity index is 2.19. The summed E-state index contributed by atoms with van der Waals surface area (Å²) >= 11 is 0. The van der Waals surface area contributed by atoms with E-state index in [2.05, 4.69) is 19.2 Å². The van der Waals surface area contributed by atoms with Crippen molar-refractivity contribution in [3.05, 3.63) is 54.6 Å². The van der Waals surface area contributed by atoms with Gasteiger partial charge in [0.15, 0.2) is 0 Å². The van der Waals surface area contributed by atoms with E-state index in [1.54, 1.807) is 43.4 Å². The molecule has 2 aromatic carbocycles. The molecule has 22 heavy (non-hydrogen) atoms. The highest BCUT2D eigenvalue weighted by Gasteiger charge is 2.20. The SMILES string of the molecule is CC(C)CNc1ccc(S(=O)(=O)N(C)c2ccccc2)cc1. The molecule has 118 valence electrons. The number of rotatable bonds is 6. The van der Waals surface area contributed by atoms with Gasteiger partial charge in [-0.3, -0.25) is 4.31 Å². The van der Waals surface area contributed by atoms with Crippen LogP contribution in [-0.2, 0) is 10.0 Å². The summed E-state index contributed by atoms with van der Waals surface area (Å²) in [6, 6.07) is 15.9. The van der Waals surface area contributed by atoms with Crippen molar-refractivity contribution in [2.24, 2.45) is 5.92 Å². The predicted molar refractivity (Wildman–Crippen MR) is 91.8 cm³/mol. The van der Waals surface area contributed by atoms with Crippen LogP contribution in [0.1, 0.15) is 13.8 Å². The summed E-state index contributed by atoms with van der Waals surface area (Å²) in [6.45, 7) is 5.11. The topological polar surface area (TPSA) is 49.4 Å². The molecule has 5 heteroatoms. The van der Waals surface area contributed by atoms with Crippen LogP contribution in [0, 0.1) is 5.92 Å². The van der Waals surface area contributed by atoms with Gasteiger partial charge in [0.2, 0.25) is 0 Å². The number of nitrogens with one attached hydrogen (secondary N) is 1. The van der Waals surface area contributed by atoms with Gasteiger partial charge in [-0.15, -0.1) is 0 Å². The maximum absolute atomic E-state index is 12.6. The zero-order valence-electron chi connectivity index (χ0n) is 13.2. The van der Waals surface area contributed by atoms with Gasteiger partial charge in [-0.2, -0.15) is 0 Å². The molecule has 0 aliphatic rings. The van der Waals surface area contributed by atoms with Crippen LogP contribution in [0.5, 0.6) is 0 Å². The lowest BCUT2D eigenvalue weighted by Crippen LogP contribution is -2.26. The van der Waals surface area contributed by atoms with Crippen LogP contribution in [0.4, 0.5) is 11.4 Å². The Kier molecular flexibility index (Phi) is 5.08. The van der Waals surface area contributed by atoms with Crippen molar-refractivity contribution in [1.82, 2.24) is 0 Å². The lowest BCUT2D eigenvalue weighted by Gasteiger charge is -2.19. The van der Waals surface area contributed by atoms with Gasteiger partial charge in [-0.05, 0) is 42.3 Å². The van der Waals surface area contributed by atoms with E-state index in [9.17, 15) is 8.42 Å². The highest BCUT2D eigenvalue weighted by atomic mass is 32.2. The number of sulfonamides is 1. The van der Waals surface area contributed by atoms with Crippen LogP contribution < -0.4 is 9.62 Å². The Morgan fingerprint density at radius 1 is 1.00 bits per heavy atom. The van der Waals surface area contributed by atoms with Gasteiger partial charge < -0.3 is 5.32 Å². The van der Waals surface area contributed by atoms with E-state index >= 15 is 0 Å². The zero-order chi connectivity index (χ0) is 16.2. The van der Waals surface area contributed by atoms with Gasteiger partial charge >= 0.3 is 0 Å². The number of para-hydroxylation sites is 1. The molecule has 0 saturated carbocycles.